The zero-order valence-corrected chi connectivity index (χ0v) is 17.5. The van der Waals surface area contributed by atoms with Crippen LogP contribution >= 0.6 is 0 Å². The molecule has 0 aliphatic carbocycles. The summed E-state index contributed by atoms with van der Waals surface area (Å²) in [5, 5.41) is 9.90. The Morgan fingerprint density at radius 3 is 2.03 bits per heavy atom. The van der Waals surface area contributed by atoms with Crippen LogP contribution in [0.3, 0.4) is 0 Å². The summed E-state index contributed by atoms with van der Waals surface area (Å²) in [7, 11) is 0. The van der Waals surface area contributed by atoms with Crippen LogP contribution in [-0.4, -0.2) is 47.0 Å². The molecule has 0 aromatic heterocycles. The van der Waals surface area contributed by atoms with Crippen molar-refractivity contribution in [1.82, 2.24) is 20.4 Å². The van der Waals surface area contributed by atoms with Crippen molar-refractivity contribution in [2.75, 3.05) is 13.1 Å². The van der Waals surface area contributed by atoms with E-state index in [1.54, 1.807) is 11.8 Å². The first-order valence-electron chi connectivity index (χ1n) is 10.6. The third-order valence-corrected chi connectivity index (χ3v) is 6.41. The van der Waals surface area contributed by atoms with Crippen molar-refractivity contribution in [3.63, 3.8) is 0 Å². The molecule has 2 aliphatic rings. The Morgan fingerprint density at radius 2 is 1.45 bits per heavy atom. The third kappa shape index (κ3) is 2.84. The van der Waals surface area contributed by atoms with Crippen molar-refractivity contribution in [2.45, 2.75) is 26.1 Å². The van der Waals surface area contributed by atoms with Gasteiger partial charge < -0.3 is 15.5 Å². The van der Waals surface area contributed by atoms with Gasteiger partial charge in [-0.25, -0.2) is 9.59 Å². The molecule has 2 heterocycles. The van der Waals surface area contributed by atoms with Gasteiger partial charge in [0.25, 0.3) is 0 Å². The quantitative estimate of drug-likeness (QED) is 0.640. The number of carbonyl (C=O) groups excluding carboxylic acids is 3. The summed E-state index contributed by atoms with van der Waals surface area (Å²) in [5.74, 6) is -0.902. The fraction of sp³-hybridized carbons (Fsp3) is 0.292. The second-order valence-corrected chi connectivity index (χ2v) is 7.95. The van der Waals surface area contributed by atoms with Crippen molar-refractivity contribution in [3.05, 3.63) is 60.2 Å². The highest BCUT2D eigenvalue weighted by molar-refractivity contribution is 6.05. The molecular formula is C24H24N4O3. The summed E-state index contributed by atoms with van der Waals surface area (Å²) in [6, 6.07) is 16.8. The molecule has 0 radical (unpaired) electrons. The van der Waals surface area contributed by atoms with Crippen LogP contribution in [0.5, 0.6) is 0 Å². The number of urea groups is 2. The molecule has 31 heavy (non-hydrogen) atoms. The van der Waals surface area contributed by atoms with Crippen molar-refractivity contribution in [1.29, 1.82) is 0 Å². The van der Waals surface area contributed by atoms with E-state index >= 15 is 0 Å². The molecule has 3 aromatic carbocycles. The lowest BCUT2D eigenvalue weighted by molar-refractivity contribution is -0.141. The van der Waals surface area contributed by atoms with Crippen molar-refractivity contribution in [3.8, 4) is 0 Å². The molecule has 3 unspecified atom stereocenters. The highest BCUT2D eigenvalue weighted by atomic mass is 16.2. The highest BCUT2D eigenvalue weighted by Gasteiger charge is 2.52. The molecule has 3 aromatic rings. The van der Waals surface area contributed by atoms with E-state index in [0.717, 1.165) is 27.1 Å². The third-order valence-electron chi connectivity index (χ3n) is 6.41. The van der Waals surface area contributed by atoms with E-state index in [4.69, 9.17) is 0 Å². The van der Waals surface area contributed by atoms with Gasteiger partial charge >= 0.3 is 12.1 Å². The number of benzene rings is 3. The molecule has 0 saturated carbocycles. The Kier molecular flexibility index (Phi) is 4.54. The number of imide groups is 1. The molecule has 2 N–H and O–H groups in total. The van der Waals surface area contributed by atoms with Gasteiger partial charge in [0.15, 0.2) is 0 Å². The number of carbonyl (C=O) groups is 3. The molecule has 7 nitrogen and oxygen atoms in total. The maximum absolute atomic E-state index is 13.5. The summed E-state index contributed by atoms with van der Waals surface area (Å²) in [6.07, 6.45) is -0.690. The van der Waals surface area contributed by atoms with Crippen LogP contribution in [0.15, 0.2) is 54.6 Å². The predicted octanol–water partition coefficient (Wildman–Crippen LogP) is 3.59. The Balaban J connectivity index is 1.77. The predicted molar refractivity (Wildman–Crippen MR) is 118 cm³/mol. The van der Waals surface area contributed by atoms with Gasteiger partial charge in [-0.2, -0.15) is 0 Å². The fourth-order valence-electron chi connectivity index (χ4n) is 5.04. The van der Waals surface area contributed by atoms with E-state index in [1.165, 1.54) is 4.90 Å². The van der Waals surface area contributed by atoms with Gasteiger partial charge in [0.1, 0.15) is 12.1 Å². The Hall–Kier alpha value is -3.61. The van der Waals surface area contributed by atoms with Crippen LogP contribution < -0.4 is 10.6 Å². The number of hydrogen-bond donors (Lipinski definition) is 2. The van der Waals surface area contributed by atoms with E-state index in [9.17, 15) is 14.4 Å². The average Bonchev–Trinajstić information content (AvgIpc) is 2.77. The molecule has 0 bridgehead atoms. The minimum atomic E-state index is -0.690. The smallest absolute Gasteiger partial charge is 0.328 e. The summed E-state index contributed by atoms with van der Waals surface area (Å²) in [6.45, 7) is 4.33. The van der Waals surface area contributed by atoms with Crippen molar-refractivity contribution in [2.24, 2.45) is 5.92 Å². The number of nitrogens with zero attached hydrogens (tertiary/aromatic N) is 2. The van der Waals surface area contributed by atoms with Crippen molar-refractivity contribution >= 4 is 39.5 Å². The molecular weight excluding hydrogens is 392 g/mol. The Bertz CT molecular complexity index is 1170. The topological polar surface area (TPSA) is 81.8 Å². The summed E-state index contributed by atoms with van der Waals surface area (Å²) >= 11 is 0. The standard InChI is InChI=1S/C24H24N4O3/c1-3-27-21-19(22(29)28(4-2)24(27)31)20(25-23(30)26-21)18-16-11-7-5-9-14(16)13-15-10-6-8-12-17(15)18/h5-13,19-21H,3-4H2,1-2H3,(H2,25,26,30). The Morgan fingerprint density at radius 1 is 0.839 bits per heavy atom. The molecule has 5 amide bonds. The fourth-order valence-corrected chi connectivity index (χ4v) is 5.04. The first kappa shape index (κ1) is 19.4. The van der Waals surface area contributed by atoms with Gasteiger partial charge in [0.05, 0.1) is 6.04 Å². The first-order chi connectivity index (χ1) is 15.0. The molecule has 7 heteroatoms. The van der Waals surface area contributed by atoms with E-state index in [2.05, 4.69) is 16.7 Å². The SMILES string of the molecule is CCN1C(=O)C2C(c3c4ccccc4cc4ccccc34)NC(=O)NC2N(CC)C1=O. The normalized spacial score (nSPS) is 23.7. The van der Waals surface area contributed by atoms with E-state index in [1.807, 2.05) is 55.5 Å². The van der Waals surface area contributed by atoms with E-state index < -0.39 is 18.1 Å². The lowest BCUT2D eigenvalue weighted by Gasteiger charge is -2.49. The second kappa shape index (κ2) is 7.27. The largest absolute Gasteiger partial charge is 0.330 e. The van der Waals surface area contributed by atoms with Crippen LogP contribution in [0.1, 0.15) is 25.5 Å². The summed E-state index contributed by atoms with van der Waals surface area (Å²) < 4.78 is 0. The van der Waals surface area contributed by atoms with E-state index in [0.29, 0.717) is 6.54 Å². The van der Waals surface area contributed by atoms with Gasteiger partial charge in [-0.05, 0) is 47.0 Å². The number of hydrogen-bond acceptors (Lipinski definition) is 3. The van der Waals surface area contributed by atoms with Gasteiger partial charge in [-0.1, -0.05) is 48.5 Å². The van der Waals surface area contributed by atoms with E-state index in [-0.39, 0.29) is 24.5 Å². The zero-order chi connectivity index (χ0) is 21.7. The lowest BCUT2D eigenvalue weighted by atomic mass is 9.81. The van der Waals surface area contributed by atoms with Gasteiger partial charge in [-0.3, -0.25) is 9.69 Å². The maximum Gasteiger partial charge on any atom is 0.328 e. The highest BCUT2D eigenvalue weighted by Crippen LogP contribution is 2.41. The molecule has 0 spiro atoms. The number of fused-ring (bicyclic) bond motifs is 3. The second-order valence-electron chi connectivity index (χ2n) is 7.95. The van der Waals surface area contributed by atoms with Crippen LogP contribution in [0.25, 0.3) is 21.5 Å². The summed E-state index contributed by atoms with van der Waals surface area (Å²) in [5.41, 5.74) is 0.911. The van der Waals surface area contributed by atoms with Crippen LogP contribution in [0.2, 0.25) is 0 Å². The van der Waals surface area contributed by atoms with Gasteiger partial charge in [0.2, 0.25) is 5.91 Å². The average molecular weight is 416 g/mol. The Labute approximate surface area is 180 Å². The zero-order valence-electron chi connectivity index (χ0n) is 17.5. The van der Waals surface area contributed by atoms with Crippen molar-refractivity contribution < 1.29 is 14.4 Å². The minimum absolute atomic E-state index is 0.267. The molecule has 2 fully saturated rings. The minimum Gasteiger partial charge on any atom is -0.330 e. The molecule has 2 aliphatic heterocycles. The monoisotopic (exact) mass is 416 g/mol. The number of rotatable bonds is 3. The van der Waals surface area contributed by atoms with Crippen LogP contribution in [0.4, 0.5) is 9.59 Å². The first-order valence-corrected chi connectivity index (χ1v) is 10.6. The van der Waals surface area contributed by atoms with Crippen LogP contribution in [-0.2, 0) is 4.79 Å². The molecule has 158 valence electrons. The van der Waals surface area contributed by atoms with Gasteiger partial charge in [0, 0.05) is 13.1 Å². The number of amides is 5. The summed E-state index contributed by atoms with van der Waals surface area (Å²) in [4.78, 5) is 42.0. The number of nitrogens with one attached hydrogen (secondary N) is 2. The molecule has 2 saturated heterocycles. The van der Waals surface area contributed by atoms with Gasteiger partial charge in [-0.15, -0.1) is 0 Å². The molecule has 3 atom stereocenters. The van der Waals surface area contributed by atoms with Crippen LogP contribution in [0, 0.1) is 5.92 Å². The maximum atomic E-state index is 13.5. The molecule has 5 rings (SSSR count). The lowest BCUT2D eigenvalue weighted by Crippen LogP contribution is -2.72.